The van der Waals surface area contributed by atoms with Gasteiger partial charge in [-0.05, 0) is 24.3 Å². The average molecular weight is 340 g/mol. The van der Waals surface area contributed by atoms with Crippen molar-refractivity contribution < 1.29 is 18.4 Å². The van der Waals surface area contributed by atoms with Gasteiger partial charge in [0.25, 0.3) is 5.91 Å². The molecule has 0 aliphatic heterocycles. The van der Waals surface area contributed by atoms with E-state index in [9.17, 15) is 14.0 Å². The predicted octanol–water partition coefficient (Wildman–Crippen LogP) is 4.42. The molecule has 0 fully saturated rings. The minimum absolute atomic E-state index is 0.0362. The number of fused-ring (bicyclic) bond motifs is 1. The second kappa shape index (κ2) is 6.76. The number of furan rings is 1. The number of benzene rings is 2. The molecule has 0 unspecified atom stereocenters. The molecular weight excluding hydrogens is 323 g/mol. The first-order chi connectivity index (χ1) is 12.0. The van der Waals surface area contributed by atoms with Gasteiger partial charge >= 0.3 is 0 Å². The summed E-state index contributed by atoms with van der Waals surface area (Å²) in [5, 5.41) is 5.80. The fourth-order valence-corrected chi connectivity index (χ4v) is 2.34. The number of para-hydroxylation sites is 2. The number of amides is 2. The van der Waals surface area contributed by atoms with Crippen molar-refractivity contribution in [2.45, 2.75) is 13.8 Å². The third-order valence-corrected chi connectivity index (χ3v) is 3.70. The molecule has 0 saturated heterocycles. The average Bonchev–Trinajstić information content (AvgIpc) is 2.95. The second-order valence-corrected chi connectivity index (χ2v) is 5.88. The van der Waals surface area contributed by atoms with Crippen LogP contribution < -0.4 is 10.6 Å². The molecule has 25 heavy (non-hydrogen) atoms. The summed E-state index contributed by atoms with van der Waals surface area (Å²) in [5.41, 5.74) is 0.775. The van der Waals surface area contributed by atoms with Gasteiger partial charge in [-0.3, -0.25) is 9.59 Å². The maximum atomic E-state index is 13.8. The molecule has 0 atom stereocenters. The van der Waals surface area contributed by atoms with Crippen LogP contribution in [0.15, 0.2) is 52.9 Å². The Morgan fingerprint density at radius 3 is 2.40 bits per heavy atom. The number of nitrogens with one attached hydrogen (secondary N) is 2. The number of rotatable bonds is 4. The van der Waals surface area contributed by atoms with Crippen LogP contribution in [0.2, 0.25) is 0 Å². The summed E-state index contributed by atoms with van der Waals surface area (Å²) in [6.07, 6.45) is 0. The summed E-state index contributed by atoms with van der Waals surface area (Å²) in [7, 11) is 0. The van der Waals surface area contributed by atoms with Gasteiger partial charge in [-0.1, -0.05) is 38.1 Å². The summed E-state index contributed by atoms with van der Waals surface area (Å²) in [4.78, 5) is 24.7. The number of halogens is 1. The molecule has 0 aliphatic carbocycles. The van der Waals surface area contributed by atoms with Crippen molar-refractivity contribution >= 4 is 34.2 Å². The maximum absolute atomic E-state index is 13.8. The van der Waals surface area contributed by atoms with Crippen molar-refractivity contribution in [1.82, 2.24) is 0 Å². The lowest BCUT2D eigenvalue weighted by molar-refractivity contribution is -0.118. The van der Waals surface area contributed by atoms with E-state index in [0.717, 1.165) is 0 Å². The van der Waals surface area contributed by atoms with Crippen molar-refractivity contribution in [2.24, 2.45) is 5.92 Å². The molecule has 2 amide bonds. The first kappa shape index (κ1) is 16.7. The molecule has 1 heterocycles. The smallest absolute Gasteiger partial charge is 0.293 e. The third kappa shape index (κ3) is 3.38. The van der Waals surface area contributed by atoms with Crippen molar-refractivity contribution in [3.8, 4) is 0 Å². The summed E-state index contributed by atoms with van der Waals surface area (Å²) < 4.78 is 19.4. The minimum atomic E-state index is -0.639. The molecule has 2 N–H and O–H groups in total. The summed E-state index contributed by atoms with van der Waals surface area (Å²) in [5.74, 6) is -1.78. The lowest BCUT2D eigenvalue weighted by Gasteiger charge is -2.09. The number of carbonyl (C=O) groups excluding carboxylic acids is 2. The van der Waals surface area contributed by atoms with E-state index >= 15 is 0 Å². The Kier molecular flexibility index (Phi) is 4.52. The monoisotopic (exact) mass is 340 g/mol. The zero-order valence-electron chi connectivity index (χ0n) is 13.8. The van der Waals surface area contributed by atoms with Crippen molar-refractivity contribution in [3.05, 3.63) is 60.1 Å². The van der Waals surface area contributed by atoms with E-state index in [1.54, 1.807) is 44.2 Å². The van der Waals surface area contributed by atoms with Crippen LogP contribution in [0.1, 0.15) is 24.4 Å². The van der Waals surface area contributed by atoms with Gasteiger partial charge in [-0.25, -0.2) is 4.39 Å². The fourth-order valence-electron chi connectivity index (χ4n) is 2.34. The molecule has 0 saturated carbocycles. The van der Waals surface area contributed by atoms with Crippen LogP contribution in [0.25, 0.3) is 11.0 Å². The molecule has 0 aliphatic rings. The largest absolute Gasteiger partial charge is 0.449 e. The van der Waals surface area contributed by atoms with E-state index in [-0.39, 0.29) is 29.0 Å². The van der Waals surface area contributed by atoms with Gasteiger partial charge in [-0.15, -0.1) is 0 Å². The van der Waals surface area contributed by atoms with Gasteiger partial charge in [0.1, 0.15) is 17.1 Å². The SMILES string of the molecule is CC(C)C(=O)Nc1c(C(=O)Nc2ccccc2F)oc2ccccc12. The molecule has 0 radical (unpaired) electrons. The van der Waals surface area contributed by atoms with Crippen LogP contribution in [-0.4, -0.2) is 11.8 Å². The van der Waals surface area contributed by atoms with Gasteiger partial charge in [0.05, 0.1) is 5.69 Å². The Balaban J connectivity index is 2.01. The van der Waals surface area contributed by atoms with Gasteiger partial charge < -0.3 is 15.1 Å². The van der Waals surface area contributed by atoms with E-state index in [2.05, 4.69) is 10.6 Å². The van der Waals surface area contributed by atoms with E-state index in [4.69, 9.17) is 4.42 Å². The van der Waals surface area contributed by atoms with Crippen molar-refractivity contribution in [2.75, 3.05) is 10.6 Å². The van der Waals surface area contributed by atoms with Gasteiger partial charge in [0.2, 0.25) is 11.7 Å². The quantitative estimate of drug-likeness (QED) is 0.738. The summed E-state index contributed by atoms with van der Waals surface area (Å²) in [6, 6.07) is 12.8. The standard InChI is InChI=1S/C19H17FN2O3/c1-11(2)18(23)22-16-12-7-3-6-10-15(12)25-17(16)19(24)21-14-9-5-4-8-13(14)20/h3-11H,1-2H3,(H,21,24)(H,22,23). The zero-order valence-corrected chi connectivity index (χ0v) is 13.8. The lowest BCUT2D eigenvalue weighted by atomic mass is 10.1. The maximum Gasteiger partial charge on any atom is 0.293 e. The molecule has 6 heteroatoms. The summed E-state index contributed by atoms with van der Waals surface area (Å²) in [6.45, 7) is 3.49. The van der Waals surface area contributed by atoms with Gasteiger partial charge in [0, 0.05) is 11.3 Å². The first-order valence-electron chi connectivity index (χ1n) is 7.85. The van der Waals surface area contributed by atoms with Crippen LogP contribution in [0.3, 0.4) is 0 Å². The molecule has 5 nitrogen and oxygen atoms in total. The highest BCUT2D eigenvalue weighted by Gasteiger charge is 2.23. The van der Waals surface area contributed by atoms with Crippen LogP contribution in [0.4, 0.5) is 15.8 Å². The Hall–Kier alpha value is -3.15. The summed E-state index contributed by atoms with van der Waals surface area (Å²) >= 11 is 0. The molecule has 0 spiro atoms. The molecule has 3 aromatic rings. The second-order valence-electron chi connectivity index (χ2n) is 5.88. The third-order valence-electron chi connectivity index (χ3n) is 3.70. The van der Waals surface area contributed by atoms with Crippen LogP contribution in [0, 0.1) is 11.7 Å². The molecular formula is C19H17FN2O3. The number of anilines is 2. The zero-order chi connectivity index (χ0) is 18.0. The Labute approximate surface area is 143 Å². The number of hydrogen-bond acceptors (Lipinski definition) is 3. The molecule has 3 rings (SSSR count). The predicted molar refractivity (Wildman–Crippen MR) is 94.0 cm³/mol. The number of hydrogen-bond donors (Lipinski definition) is 2. The van der Waals surface area contributed by atoms with Crippen molar-refractivity contribution in [3.63, 3.8) is 0 Å². The Bertz CT molecular complexity index is 947. The normalized spacial score (nSPS) is 10.9. The molecule has 2 aromatic carbocycles. The van der Waals surface area contributed by atoms with E-state index in [1.807, 2.05) is 0 Å². The van der Waals surface area contributed by atoms with Gasteiger partial charge in [-0.2, -0.15) is 0 Å². The van der Waals surface area contributed by atoms with E-state index in [1.165, 1.54) is 18.2 Å². The highest BCUT2D eigenvalue weighted by Crippen LogP contribution is 2.32. The lowest BCUT2D eigenvalue weighted by Crippen LogP contribution is -2.20. The highest BCUT2D eigenvalue weighted by atomic mass is 19.1. The first-order valence-corrected chi connectivity index (χ1v) is 7.85. The van der Waals surface area contributed by atoms with E-state index < -0.39 is 11.7 Å². The van der Waals surface area contributed by atoms with Crippen LogP contribution >= 0.6 is 0 Å². The van der Waals surface area contributed by atoms with Crippen LogP contribution in [0.5, 0.6) is 0 Å². The topological polar surface area (TPSA) is 71.3 Å². The Morgan fingerprint density at radius 2 is 1.68 bits per heavy atom. The highest BCUT2D eigenvalue weighted by molar-refractivity contribution is 6.14. The van der Waals surface area contributed by atoms with Crippen LogP contribution in [-0.2, 0) is 4.79 Å². The molecule has 1 aromatic heterocycles. The van der Waals surface area contributed by atoms with Gasteiger partial charge in [0.15, 0.2) is 0 Å². The Morgan fingerprint density at radius 1 is 1.00 bits per heavy atom. The molecule has 0 bridgehead atoms. The van der Waals surface area contributed by atoms with Crippen molar-refractivity contribution in [1.29, 1.82) is 0 Å². The molecule has 128 valence electrons. The minimum Gasteiger partial charge on any atom is -0.449 e. The van der Waals surface area contributed by atoms with E-state index in [0.29, 0.717) is 11.0 Å². The number of carbonyl (C=O) groups is 2. The fraction of sp³-hybridized carbons (Fsp3) is 0.158.